The molecule has 0 unspecified atom stereocenters. The zero-order valence-electron chi connectivity index (χ0n) is 9.93. The Morgan fingerprint density at radius 2 is 1.72 bits per heavy atom. The van der Waals surface area contributed by atoms with Crippen LogP contribution in [0.25, 0.3) is 0 Å². The van der Waals surface area contributed by atoms with Gasteiger partial charge in [-0.15, -0.1) is 0 Å². The Bertz CT molecular complexity index is 415. The molecule has 0 aliphatic rings. The molecule has 7 heteroatoms. The van der Waals surface area contributed by atoms with Crippen LogP contribution in [0.4, 0.5) is 0 Å². The quantitative estimate of drug-likeness (QED) is 0.388. The van der Waals surface area contributed by atoms with Gasteiger partial charge in [-0.3, -0.25) is 0 Å². The summed E-state index contributed by atoms with van der Waals surface area (Å²) in [4.78, 5) is 0. The van der Waals surface area contributed by atoms with Crippen LogP contribution < -0.4 is 29.6 Å². The van der Waals surface area contributed by atoms with Gasteiger partial charge in [0.15, 0.2) is 11.5 Å². The van der Waals surface area contributed by atoms with Gasteiger partial charge >= 0.3 is 17.1 Å². The van der Waals surface area contributed by atoms with Crippen LogP contribution in [0.2, 0.25) is 0 Å². The molecule has 1 rings (SSSR count). The average molecular weight is 332 g/mol. The SMILES string of the molecule is CCc1cc(OC)c(O)c(C=N)c1C=N.[Cl-].[Cl-].[Mn+2]. The minimum atomic E-state index is -0.0804. The molecule has 0 amide bonds. The maximum atomic E-state index is 9.74. The van der Waals surface area contributed by atoms with Crippen molar-refractivity contribution in [3.05, 3.63) is 22.8 Å². The summed E-state index contributed by atoms with van der Waals surface area (Å²) in [6.07, 6.45) is 2.91. The zero-order chi connectivity index (χ0) is 11.4. The summed E-state index contributed by atoms with van der Waals surface area (Å²) in [5, 5.41) is 24.2. The Morgan fingerprint density at radius 1 is 1.22 bits per heavy atom. The van der Waals surface area contributed by atoms with E-state index in [1.807, 2.05) is 6.92 Å². The number of halogens is 2. The summed E-state index contributed by atoms with van der Waals surface area (Å²) in [6, 6.07) is 1.70. The van der Waals surface area contributed by atoms with Gasteiger partial charge in [0.25, 0.3) is 0 Å². The smallest absolute Gasteiger partial charge is 1.00 e. The number of phenols is 1. The molecule has 0 aromatic heterocycles. The Morgan fingerprint density at radius 3 is 2.06 bits per heavy atom. The van der Waals surface area contributed by atoms with Gasteiger partial charge in [0.1, 0.15) is 0 Å². The van der Waals surface area contributed by atoms with E-state index in [0.29, 0.717) is 16.9 Å². The number of benzene rings is 1. The molecule has 101 valence electrons. The molecule has 1 aromatic carbocycles. The van der Waals surface area contributed by atoms with Crippen molar-refractivity contribution in [1.82, 2.24) is 0 Å². The van der Waals surface area contributed by atoms with E-state index in [1.165, 1.54) is 7.11 Å². The van der Waals surface area contributed by atoms with Crippen molar-refractivity contribution in [1.29, 1.82) is 10.8 Å². The summed E-state index contributed by atoms with van der Waals surface area (Å²) in [5.41, 5.74) is 1.80. The molecule has 0 saturated carbocycles. The molecule has 1 aromatic rings. The van der Waals surface area contributed by atoms with Crippen LogP contribution in [-0.4, -0.2) is 24.6 Å². The fourth-order valence-electron chi connectivity index (χ4n) is 1.50. The van der Waals surface area contributed by atoms with Crippen molar-refractivity contribution < 1.29 is 51.7 Å². The molecule has 18 heavy (non-hydrogen) atoms. The summed E-state index contributed by atoms with van der Waals surface area (Å²) >= 11 is 0. The van der Waals surface area contributed by atoms with Gasteiger partial charge in [-0.1, -0.05) is 6.92 Å². The molecule has 3 N–H and O–H groups in total. The maximum absolute atomic E-state index is 9.74. The van der Waals surface area contributed by atoms with Crippen LogP contribution in [0.1, 0.15) is 23.6 Å². The van der Waals surface area contributed by atoms with Gasteiger partial charge in [0, 0.05) is 23.6 Å². The Hall–Kier alpha value is -0.741. The fourth-order valence-corrected chi connectivity index (χ4v) is 1.50. The Kier molecular flexibility index (Phi) is 12.7. The minimum absolute atomic E-state index is 0. The number of hydrogen-bond acceptors (Lipinski definition) is 4. The van der Waals surface area contributed by atoms with Crippen molar-refractivity contribution in [3.8, 4) is 11.5 Å². The van der Waals surface area contributed by atoms with Crippen LogP contribution in [0.3, 0.4) is 0 Å². The molecule has 0 heterocycles. The first-order valence-corrected chi connectivity index (χ1v) is 4.63. The number of aromatic hydroxyl groups is 1. The first kappa shape index (κ1) is 22.4. The van der Waals surface area contributed by atoms with Gasteiger partial charge in [-0.2, -0.15) is 0 Å². The number of ether oxygens (including phenoxy) is 1. The summed E-state index contributed by atoms with van der Waals surface area (Å²) < 4.78 is 5.00. The predicted octanol–water partition coefficient (Wildman–Crippen LogP) is -4.04. The summed E-state index contributed by atoms with van der Waals surface area (Å²) in [7, 11) is 1.46. The Balaban J connectivity index is -0.000000750. The molecule has 0 saturated heterocycles. The average Bonchev–Trinajstić information content (AvgIpc) is 2.28. The van der Waals surface area contributed by atoms with E-state index in [1.54, 1.807) is 6.07 Å². The van der Waals surface area contributed by atoms with Crippen LogP contribution in [0, 0.1) is 10.8 Å². The minimum Gasteiger partial charge on any atom is -1.00 e. The van der Waals surface area contributed by atoms with Gasteiger partial charge < -0.3 is 45.5 Å². The first-order chi connectivity index (χ1) is 7.19. The van der Waals surface area contributed by atoms with Crippen molar-refractivity contribution in [2.75, 3.05) is 7.11 Å². The third kappa shape index (κ3) is 4.18. The molecule has 0 fully saturated rings. The maximum Gasteiger partial charge on any atom is 2.00 e. The standard InChI is InChI=1S/C11H14N2O2.2ClH.Mn/c1-3-7-4-10(15-2)11(14)9(6-13)8(7)5-12;;;/h4-6,12-14H,3H2,1-2H3;2*1H;/q;;;+2/p-2. The number of hydrogen-bond donors (Lipinski definition) is 3. The van der Waals surface area contributed by atoms with Crippen LogP contribution in [-0.2, 0) is 23.5 Å². The molecule has 0 spiro atoms. The van der Waals surface area contributed by atoms with E-state index in [-0.39, 0.29) is 47.6 Å². The molecule has 4 nitrogen and oxygen atoms in total. The normalized spacial score (nSPS) is 8.11. The van der Waals surface area contributed by atoms with Crippen molar-refractivity contribution in [2.45, 2.75) is 13.3 Å². The third-order valence-electron chi connectivity index (χ3n) is 2.32. The van der Waals surface area contributed by atoms with Crippen molar-refractivity contribution >= 4 is 12.4 Å². The predicted molar refractivity (Wildman–Crippen MR) is 59.8 cm³/mol. The second kappa shape index (κ2) is 10.2. The van der Waals surface area contributed by atoms with E-state index in [2.05, 4.69) is 0 Å². The summed E-state index contributed by atoms with van der Waals surface area (Å²) in [5.74, 6) is 0.263. The fraction of sp³-hybridized carbons (Fsp3) is 0.273. The molecule has 0 atom stereocenters. The van der Waals surface area contributed by atoms with Gasteiger partial charge in [-0.25, -0.2) is 0 Å². The topological polar surface area (TPSA) is 77.2 Å². The molecular formula is C11H14Cl2MnN2O2. The summed E-state index contributed by atoms with van der Waals surface area (Å²) in [6.45, 7) is 1.95. The molecular weight excluding hydrogens is 318 g/mol. The number of rotatable bonds is 4. The monoisotopic (exact) mass is 331 g/mol. The third-order valence-corrected chi connectivity index (χ3v) is 2.32. The largest absolute Gasteiger partial charge is 2.00 e. The first-order valence-electron chi connectivity index (χ1n) is 4.63. The molecule has 0 aliphatic heterocycles. The zero-order valence-corrected chi connectivity index (χ0v) is 12.6. The number of methoxy groups -OCH3 is 1. The number of aryl methyl sites for hydroxylation is 1. The molecule has 1 radical (unpaired) electrons. The van der Waals surface area contributed by atoms with E-state index >= 15 is 0 Å². The molecule has 0 bridgehead atoms. The van der Waals surface area contributed by atoms with Crippen LogP contribution >= 0.6 is 0 Å². The molecule has 0 aliphatic carbocycles. The number of nitrogens with one attached hydrogen (secondary N) is 2. The van der Waals surface area contributed by atoms with Gasteiger partial charge in [0.2, 0.25) is 0 Å². The van der Waals surface area contributed by atoms with Gasteiger partial charge in [-0.05, 0) is 18.1 Å². The van der Waals surface area contributed by atoms with Crippen molar-refractivity contribution in [2.24, 2.45) is 0 Å². The number of phenolic OH excluding ortho intramolecular Hbond substituents is 1. The van der Waals surface area contributed by atoms with E-state index < -0.39 is 0 Å². The van der Waals surface area contributed by atoms with Crippen LogP contribution in [0.15, 0.2) is 6.07 Å². The van der Waals surface area contributed by atoms with E-state index in [9.17, 15) is 5.11 Å². The van der Waals surface area contributed by atoms with Crippen LogP contribution in [0.5, 0.6) is 11.5 Å². The van der Waals surface area contributed by atoms with E-state index in [0.717, 1.165) is 24.4 Å². The van der Waals surface area contributed by atoms with Gasteiger partial charge in [0.05, 0.1) is 7.11 Å². The van der Waals surface area contributed by atoms with E-state index in [4.69, 9.17) is 15.6 Å². The Labute approximate surface area is 129 Å². The second-order valence-corrected chi connectivity index (χ2v) is 3.06. The second-order valence-electron chi connectivity index (χ2n) is 3.06. The van der Waals surface area contributed by atoms with Crippen molar-refractivity contribution in [3.63, 3.8) is 0 Å².